The summed E-state index contributed by atoms with van der Waals surface area (Å²) < 4.78 is 34.5. The molecule has 1 unspecified atom stereocenters. The molecule has 0 bridgehead atoms. The summed E-state index contributed by atoms with van der Waals surface area (Å²) >= 11 is 0. The lowest BCUT2D eigenvalue weighted by Crippen LogP contribution is -2.37. The number of aliphatic hydroxyl groups excluding tert-OH is 1. The predicted molar refractivity (Wildman–Crippen MR) is 183 cm³/mol. The fourth-order valence-electron chi connectivity index (χ4n) is 4.10. The van der Waals surface area contributed by atoms with Crippen molar-refractivity contribution in [2.24, 2.45) is 0 Å². The second-order valence-corrected chi connectivity index (χ2v) is 15.0. The number of phosphoric acid groups is 1. The van der Waals surface area contributed by atoms with Gasteiger partial charge in [-0.3, -0.25) is 9.05 Å². The van der Waals surface area contributed by atoms with Gasteiger partial charge < -0.3 is 28.4 Å². The SMILES string of the molecule is CCCCCCCCCCCCCCCCCCOC[C@H](COP(=O)(O)OCC[N+](C)(C)C)OC.C[N+](C)(C)CCO.Cl. The molecule has 11 heteroatoms. The maximum absolute atomic E-state index is 12.0. The topological polar surface area (TPSA) is 94.5 Å². The van der Waals surface area contributed by atoms with Crippen LogP contribution in [0.5, 0.6) is 0 Å². The van der Waals surface area contributed by atoms with Crippen LogP contribution in [0.25, 0.3) is 0 Å². The van der Waals surface area contributed by atoms with Gasteiger partial charge in [-0.1, -0.05) is 103 Å². The first-order valence-corrected chi connectivity index (χ1v) is 18.2. The molecule has 0 aliphatic carbocycles. The van der Waals surface area contributed by atoms with Gasteiger partial charge in [0.25, 0.3) is 0 Å². The van der Waals surface area contributed by atoms with E-state index in [1.54, 1.807) is 7.11 Å². The van der Waals surface area contributed by atoms with Gasteiger partial charge in [-0.05, 0) is 6.42 Å². The van der Waals surface area contributed by atoms with Crippen LogP contribution < -0.4 is 0 Å². The Hall–Kier alpha value is 0.200. The van der Waals surface area contributed by atoms with Crippen LogP contribution in [0.2, 0.25) is 0 Å². The fraction of sp³-hybridized carbons (Fsp3) is 1.00. The fourth-order valence-corrected chi connectivity index (χ4v) is 4.84. The molecule has 0 aromatic rings. The van der Waals surface area contributed by atoms with Gasteiger partial charge in [0, 0.05) is 13.7 Å². The zero-order valence-corrected chi connectivity index (χ0v) is 31.2. The molecule has 0 radical (unpaired) electrons. The third kappa shape index (κ3) is 42.2. The number of likely N-dealkylation sites (N-methyl/N-ethyl adjacent to an activating group) is 2. The highest BCUT2D eigenvalue weighted by Crippen LogP contribution is 2.43. The molecule has 2 N–H and O–H groups in total. The first-order valence-electron chi connectivity index (χ1n) is 16.7. The van der Waals surface area contributed by atoms with E-state index in [-0.39, 0.29) is 32.2 Å². The Bertz CT molecular complexity index is 620. The van der Waals surface area contributed by atoms with E-state index in [2.05, 4.69) is 28.1 Å². The van der Waals surface area contributed by atoms with Crippen molar-refractivity contribution in [3.05, 3.63) is 0 Å². The van der Waals surface area contributed by atoms with Crippen molar-refractivity contribution in [2.75, 3.05) is 95.5 Å². The van der Waals surface area contributed by atoms with E-state index < -0.39 is 13.9 Å². The highest BCUT2D eigenvalue weighted by Gasteiger charge is 2.24. The number of aliphatic hydroxyl groups is 1. The Morgan fingerprint density at radius 1 is 0.628 bits per heavy atom. The lowest BCUT2D eigenvalue weighted by molar-refractivity contribution is -0.870. The number of rotatable bonds is 29. The molecule has 0 fully saturated rings. The van der Waals surface area contributed by atoms with E-state index in [1.165, 1.54) is 96.3 Å². The molecule has 0 saturated carbocycles. The van der Waals surface area contributed by atoms with E-state index in [0.29, 0.717) is 24.2 Å². The molecular weight excluding hydrogens is 591 g/mol. The molecule has 0 aliphatic heterocycles. The van der Waals surface area contributed by atoms with E-state index in [1.807, 2.05) is 21.1 Å². The molecule has 0 aromatic carbocycles. The molecule has 0 heterocycles. The van der Waals surface area contributed by atoms with E-state index in [9.17, 15) is 9.46 Å². The number of nitrogens with zero attached hydrogens (tertiary/aromatic N) is 2. The second kappa shape index (κ2) is 30.8. The minimum Gasteiger partial charge on any atom is -0.391 e. The van der Waals surface area contributed by atoms with Gasteiger partial charge >= 0.3 is 7.82 Å². The number of quaternary nitrogens is 2. The number of hydrogen-bond acceptors (Lipinski definition) is 6. The Labute approximate surface area is 273 Å². The van der Waals surface area contributed by atoms with Crippen LogP contribution in [-0.2, 0) is 23.1 Å². The molecule has 2 atom stereocenters. The molecule has 43 heavy (non-hydrogen) atoms. The molecule has 0 aromatic heterocycles. The van der Waals surface area contributed by atoms with Gasteiger partial charge in [-0.15, -0.1) is 12.4 Å². The number of phosphoric ester groups is 1. The van der Waals surface area contributed by atoms with Gasteiger partial charge in [-0.2, -0.15) is 0 Å². The molecule has 264 valence electrons. The van der Waals surface area contributed by atoms with Gasteiger partial charge in [-0.25, -0.2) is 4.57 Å². The Morgan fingerprint density at radius 3 is 1.40 bits per heavy atom. The maximum Gasteiger partial charge on any atom is 0.472 e. The van der Waals surface area contributed by atoms with Crippen molar-refractivity contribution in [1.29, 1.82) is 0 Å². The van der Waals surface area contributed by atoms with Gasteiger partial charge in [0.05, 0.1) is 62.1 Å². The first kappa shape index (κ1) is 47.6. The molecule has 0 amide bonds. The number of hydrogen-bond donors (Lipinski definition) is 2. The van der Waals surface area contributed by atoms with Crippen LogP contribution in [0.15, 0.2) is 0 Å². The zero-order valence-electron chi connectivity index (χ0n) is 29.5. The summed E-state index contributed by atoms with van der Waals surface area (Å²) in [6, 6.07) is 0. The summed E-state index contributed by atoms with van der Waals surface area (Å²) in [5.74, 6) is 0. The minimum absolute atomic E-state index is 0. The Kier molecular flexibility index (Phi) is 34.1. The Balaban J connectivity index is -0.00000177. The molecule has 0 aliphatic rings. The molecular formula is C32H74ClN2O7P+2. The van der Waals surface area contributed by atoms with Crippen molar-refractivity contribution in [3.63, 3.8) is 0 Å². The zero-order chi connectivity index (χ0) is 32.2. The molecule has 9 nitrogen and oxygen atoms in total. The number of methoxy groups -OCH3 is 1. The quantitative estimate of drug-likeness (QED) is 0.0495. The van der Waals surface area contributed by atoms with Crippen LogP contribution in [-0.4, -0.2) is 121 Å². The largest absolute Gasteiger partial charge is 0.472 e. The van der Waals surface area contributed by atoms with Gasteiger partial charge in [0.15, 0.2) is 0 Å². The third-order valence-corrected chi connectivity index (χ3v) is 7.97. The van der Waals surface area contributed by atoms with Gasteiger partial charge in [0.2, 0.25) is 0 Å². The standard InChI is InChI=1S/C27H58NO6P.C5H14NO.ClH/c1-6-7-8-9-10-11-12-13-14-15-16-17-18-19-20-21-23-32-25-27(31-5)26-34-35(29,30)33-24-22-28(2,3)4;1-6(2,3)4-5-7;/h27H,6-26H2,1-5H3;7H,4-5H2,1-3H3;1H/q;+1;/p+1/t27-;;/m1../s1. The van der Waals surface area contributed by atoms with Crippen molar-refractivity contribution >= 4 is 20.2 Å². The lowest BCUT2D eigenvalue weighted by atomic mass is 10.0. The van der Waals surface area contributed by atoms with E-state index >= 15 is 0 Å². The summed E-state index contributed by atoms with van der Waals surface area (Å²) in [6.07, 6.45) is 21.2. The van der Waals surface area contributed by atoms with E-state index in [4.69, 9.17) is 23.6 Å². The molecule has 0 rings (SSSR count). The van der Waals surface area contributed by atoms with Crippen molar-refractivity contribution in [3.8, 4) is 0 Å². The molecule has 0 saturated heterocycles. The number of unbranched alkanes of at least 4 members (excludes halogenated alkanes) is 15. The van der Waals surface area contributed by atoms with Crippen LogP contribution in [0, 0.1) is 0 Å². The van der Waals surface area contributed by atoms with Crippen LogP contribution in [0.3, 0.4) is 0 Å². The van der Waals surface area contributed by atoms with Crippen molar-refractivity contribution < 1.29 is 42.1 Å². The third-order valence-electron chi connectivity index (χ3n) is 6.99. The normalized spacial score (nSPS) is 14.0. The summed E-state index contributed by atoms with van der Waals surface area (Å²) in [5.41, 5.74) is 0. The highest BCUT2D eigenvalue weighted by molar-refractivity contribution is 7.47. The van der Waals surface area contributed by atoms with Crippen LogP contribution >= 0.6 is 20.2 Å². The smallest absolute Gasteiger partial charge is 0.391 e. The number of halogens is 1. The van der Waals surface area contributed by atoms with Crippen LogP contribution in [0.4, 0.5) is 0 Å². The van der Waals surface area contributed by atoms with Crippen molar-refractivity contribution in [1.82, 2.24) is 0 Å². The minimum atomic E-state index is -4.07. The van der Waals surface area contributed by atoms with Crippen LogP contribution in [0.1, 0.15) is 110 Å². The lowest BCUT2D eigenvalue weighted by Gasteiger charge is -2.24. The average molecular weight is 665 g/mol. The Morgan fingerprint density at radius 2 is 1.05 bits per heavy atom. The summed E-state index contributed by atoms with van der Waals surface area (Å²) in [5, 5.41) is 8.39. The van der Waals surface area contributed by atoms with Crippen molar-refractivity contribution in [2.45, 2.75) is 116 Å². The number of ether oxygens (including phenoxy) is 2. The second-order valence-electron chi connectivity index (χ2n) is 13.6. The van der Waals surface area contributed by atoms with Gasteiger partial charge in [0.1, 0.15) is 25.8 Å². The summed E-state index contributed by atoms with van der Waals surface area (Å²) in [4.78, 5) is 9.79. The maximum atomic E-state index is 12.0. The van der Waals surface area contributed by atoms with E-state index in [0.717, 1.165) is 17.4 Å². The average Bonchev–Trinajstić information content (AvgIpc) is 2.88. The highest BCUT2D eigenvalue weighted by atomic mass is 35.5. The first-order chi connectivity index (χ1) is 19.8. The predicted octanol–water partition coefficient (Wildman–Crippen LogP) is 7.23. The monoisotopic (exact) mass is 664 g/mol. The molecule has 0 spiro atoms. The summed E-state index contributed by atoms with van der Waals surface area (Å²) in [7, 11) is 9.60. The summed E-state index contributed by atoms with van der Waals surface area (Å²) in [6.45, 7) is 5.15.